The minimum atomic E-state index is -0.563. The van der Waals surface area contributed by atoms with Gasteiger partial charge in [0.15, 0.2) is 5.78 Å². The number of hydrogen-bond donors (Lipinski definition) is 0. The highest BCUT2D eigenvalue weighted by Gasteiger charge is 2.45. The molecule has 1 heterocycles. The van der Waals surface area contributed by atoms with Crippen LogP contribution in [0.1, 0.15) is 27.2 Å². The van der Waals surface area contributed by atoms with Crippen molar-refractivity contribution in [3.63, 3.8) is 0 Å². The fourth-order valence-electron chi connectivity index (χ4n) is 1.75. The van der Waals surface area contributed by atoms with Gasteiger partial charge in [-0.05, 0) is 27.2 Å². The van der Waals surface area contributed by atoms with Gasteiger partial charge in [-0.25, -0.2) is 0 Å². The molecule has 2 nitrogen and oxygen atoms in total. The van der Waals surface area contributed by atoms with Crippen LogP contribution in [0.4, 0.5) is 0 Å². The third kappa shape index (κ3) is 1.72. The molecule has 12 heavy (non-hydrogen) atoms. The Labute approximate surface area is 81.8 Å². The molecular weight excluding hydrogens is 220 g/mol. The summed E-state index contributed by atoms with van der Waals surface area (Å²) in [7, 11) is 0. The van der Waals surface area contributed by atoms with E-state index < -0.39 is 5.60 Å². The van der Waals surface area contributed by atoms with Crippen LogP contribution in [0.25, 0.3) is 0 Å². The van der Waals surface area contributed by atoms with Gasteiger partial charge in [-0.15, -0.1) is 0 Å². The van der Waals surface area contributed by atoms with Crippen molar-refractivity contribution in [3.05, 3.63) is 0 Å². The summed E-state index contributed by atoms with van der Waals surface area (Å²) in [4.78, 5) is 11.7. The second-order valence-corrected chi connectivity index (χ2v) is 4.57. The maximum Gasteiger partial charge on any atom is 0.169 e. The fourth-order valence-corrected chi connectivity index (χ4v) is 2.24. The summed E-state index contributed by atoms with van der Waals surface area (Å²) in [6, 6.07) is 0. The number of ether oxygens (including phenoxy) is 1. The third-order valence-electron chi connectivity index (χ3n) is 2.40. The molecule has 0 aromatic carbocycles. The summed E-state index contributed by atoms with van der Waals surface area (Å²) in [5.74, 6) is 0.328. The van der Waals surface area contributed by atoms with E-state index in [0.717, 1.165) is 11.8 Å². The van der Waals surface area contributed by atoms with Gasteiger partial charge < -0.3 is 4.74 Å². The molecule has 0 aliphatic carbocycles. The quantitative estimate of drug-likeness (QED) is 0.685. The lowest BCUT2D eigenvalue weighted by Gasteiger charge is -2.14. The van der Waals surface area contributed by atoms with Gasteiger partial charge in [-0.2, -0.15) is 0 Å². The van der Waals surface area contributed by atoms with E-state index in [1.807, 2.05) is 20.8 Å². The normalized spacial score (nSPS) is 34.2. The largest absolute Gasteiger partial charge is 0.364 e. The highest BCUT2D eigenvalue weighted by atomic mass is 79.9. The molecule has 1 aliphatic heterocycles. The molecule has 2 unspecified atom stereocenters. The van der Waals surface area contributed by atoms with E-state index in [1.165, 1.54) is 0 Å². The molecule has 70 valence electrons. The predicted molar refractivity (Wildman–Crippen MR) is 51.5 cm³/mol. The molecule has 1 saturated heterocycles. The van der Waals surface area contributed by atoms with Crippen molar-refractivity contribution in [2.45, 2.75) is 38.9 Å². The van der Waals surface area contributed by atoms with E-state index >= 15 is 0 Å². The molecule has 0 N–H and O–H groups in total. The Morgan fingerprint density at radius 1 is 1.58 bits per heavy atom. The molecule has 0 aromatic heterocycles. The first-order valence-corrected chi connectivity index (χ1v) is 5.39. The van der Waals surface area contributed by atoms with E-state index in [0.29, 0.717) is 0 Å². The molecule has 0 saturated carbocycles. The number of carbonyl (C=O) groups excluding carboxylic acids is 1. The van der Waals surface area contributed by atoms with Crippen molar-refractivity contribution in [3.8, 4) is 0 Å². The zero-order valence-corrected chi connectivity index (χ0v) is 9.35. The second kappa shape index (κ2) is 3.46. The van der Waals surface area contributed by atoms with Gasteiger partial charge in [0.25, 0.3) is 0 Å². The van der Waals surface area contributed by atoms with Crippen molar-refractivity contribution in [2.75, 3.05) is 5.33 Å². The highest BCUT2D eigenvalue weighted by Crippen LogP contribution is 2.33. The summed E-state index contributed by atoms with van der Waals surface area (Å²) in [6.45, 7) is 5.67. The van der Waals surface area contributed by atoms with Gasteiger partial charge in [0, 0.05) is 11.2 Å². The molecule has 0 spiro atoms. The van der Waals surface area contributed by atoms with Crippen LogP contribution in [0.15, 0.2) is 0 Å². The number of hydrogen-bond acceptors (Lipinski definition) is 2. The Morgan fingerprint density at radius 2 is 2.17 bits per heavy atom. The Hall–Kier alpha value is 0.110. The predicted octanol–water partition coefficient (Wildman–Crippen LogP) is 2.15. The van der Waals surface area contributed by atoms with Crippen molar-refractivity contribution in [1.82, 2.24) is 0 Å². The number of rotatable bonds is 2. The smallest absolute Gasteiger partial charge is 0.169 e. The van der Waals surface area contributed by atoms with E-state index in [2.05, 4.69) is 15.9 Å². The first kappa shape index (κ1) is 10.2. The van der Waals surface area contributed by atoms with Crippen LogP contribution in [0.5, 0.6) is 0 Å². The molecule has 0 aromatic rings. The van der Waals surface area contributed by atoms with Crippen LogP contribution in [-0.2, 0) is 9.53 Å². The molecule has 0 radical (unpaired) electrons. The van der Waals surface area contributed by atoms with E-state index in [9.17, 15) is 4.79 Å². The van der Waals surface area contributed by atoms with Gasteiger partial charge in [0.2, 0.25) is 0 Å². The number of halogens is 1. The van der Waals surface area contributed by atoms with Crippen LogP contribution in [-0.4, -0.2) is 22.8 Å². The Kier molecular flexibility index (Phi) is 2.94. The summed E-state index contributed by atoms with van der Waals surface area (Å²) >= 11 is 3.34. The number of Topliss-reactive ketones (excluding diaryl/α,β-unsaturated/α-hetero) is 1. The standard InChI is InChI=1S/C9H15BrO2/c1-6-7(4-5-10)8(11)9(2,3)12-6/h6-7H,4-5H2,1-3H3. The zero-order valence-electron chi connectivity index (χ0n) is 7.76. The Morgan fingerprint density at radius 3 is 2.50 bits per heavy atom. The van der Waals surface area contributed by atoms with E-state index in [4.69, 9.17) is 4.74 Å². The van der Waals surface area contributed by atoms with Crippen LogP contribution >= 0.6 is 15.9 Å². The van der Waals surface area contributed by atoms with Crippen LogP contribution in [0.3, 0.4) is 0 Å². The molecule has 3 heteroatoms. The zero-order chi connectivity index (χ0) is 9.35. The minimum absolute atomic E-state index is 0.0741. The maximum atomic E-state index is 11.7. The van der Waals surface area contributed by atoms with Crippen LogP contribution in [0.2, 0.25) is 0 Å². The van der Waals surface area contributed by atoms with Gasteiger partial charge in [0.05, 0.1) is 6.10 Å². The molecule has 2 atom stereocenters. The summed E-state index contributed by atoms with van der Waals surface area (Å²) in [6.07, 6.45) is 0.953. The average Bonchev–Trinajstić information content (AvgIpc) is 2.13. The summed E-state index contributed by atoms with van der Waals surface area (Å²) in [5.41, 5.74) is -0.563. The van der Waals surface area contributed by atoms with Crippen molar-refractivity contribution < 1.29 is 9.53 Å². The van der Waals surface area contributed by atoms with Crippen molar-refractivity contribution in [1.29, 1.82) is 0 Å². The van der Waals surface area contributed by atoms with Crippen LogP contribution < -0.4 is 0 Å². The lowest BCUT2D eigenvalue weighted by Crippen LogP contribution is -2.29. The van der Waals surface area contributed by atoms with Crippen molar-refractivity contribution in [2.24, 2.45) is 5.92 Å². The number of ketones is 1. The lowest BCUT2D eigenvalue weighted by molar-refractivity contribution is -0.130. The summed E-state index contributed by atoms with van der Waals surface area (Å²) in [5, 5.41) is 0.868. The monoisotopic (exact) mass is 234 g/mol. The molecule has 1 rings (SSSR count). The Balaban J connectivity index is 2.71. The number of alkyl halides is 1. The second-order valence-electron chi connectivity index (χ2n) is 3.78. The van der Waals surface area contributed by atoms with Crippen LogP contribution in [0, 0.1) is 5.92 Å². The Bertz CT molecular complexity index is 189. The first-order chi connectivity index (χ1) is 5.49. The van der Waals surface area contributed by atoms with Gasteiger partial charge in [0.1, 0.15) is 5.60 Å². The molecule has 1 aliphatic rings. The molecule has 1 fully saturated rings. The molecule has 0 amide bonds. The molecular formula is C9H15BrO2. The van der Waals surface area contributed by atoms with Gasteiger partial charge >= 0.3 is 0 Å². The van der Waals surface area contributed by atoms with E-state index in [-0.39, 0.29) is 17.8 Å². The molecule has 0 bridgehead atoms. The highest BCUT2D eigenvalue weighted by molar-refractivity contribution is 9.09. The minimum Gasteiger partial charge on any atom is -0.364 e. The van der Waals surface area contributed by atoms with Crippen molar-refractivity contribution >= 4 is 21.7 Å². The summed E-state index contributed by atoms with van der Waals surface area (Å²) < 4.78 is 5.56. The number of carbonyl (C=O) groups is 1. The third-order valence-corrected chi connectivity index (χ3v) is 2.86. The topological polar surface area (TPSA) is 26.3 Å². The SMILES string of the molecule is CC1OC(C)(C)C(=O)C1CCBr. The average molecular weight is 235 g/mol. The maximum absolute atomic E-state index is 11.7. The lowest BCUT2D eigenvalue weighted by atomic mass is 9.91. The first-order valence-electron chi connectivity index (χ1n) is 4.27. The van der Waals surface area contributed by atoms with E-state index in [1.54, 1.807) is 0 Å². The van der Waals surface area contributed by atoms with Gasteiger partial charge in [-0.3, -0.25) is 4.79 Å². The van der Waals surface area contributed by atoms with Gasteiger partial charge in [-0.1, -0.05) is 15.9 Å². The fraction of sp³-hybridized carbons (Fsp3) is 0.889.